The average molecular weight is 283 g/mol. The second-order valence-electron chi connectivity index (χ2n) is 3.88. The second-order valence-corrected chi connectivity index (χ2v) is 5.26. The van der Waals surface area contributed by atoms with Gasteiger partial charge in [-0.3, -0.25) is 0 Å². The van der Waals surface area contributed by atoms with Gasteiger partial charge in [0, 0.05) is 4.90 Å². The summed E-state index contributed by atoms with van der Waals surface area (Å²) in [5.41, 5.74) is 1.49. The second kappa shape index (κ2) is 5.67. The zero-order valence-electron chi connectivity index (χ0n) is 10.1. The van der Waals surface area contributed by atoms with Crippen molar-refractivity contribution in [2.45, 2.75) is 24.5 Å². The molecule has 2 nitrogen and oxygen atoms in total. The summed E-state index contributed by atoms with van der Waals surface area (Å²) in [7, 11) is 0. The molecule has 18 heavy (non-hydrogen) atoms. The number of thioether (sulfide) groups is 1. The van der Waals surface area contributed by atoms with Crippen LogP contribution in [0, 0.1) is 19.7 Å². The monoisotopic (exact) mass is 282 g/mol. The molecule has 0 radical (unpaired) electrons. The van der Waals surface area contributed by atoms with E-state index in [1.54, 1.807) is 18.7 Å². The molecule has 0 bridgehead atoms. The lowest BCUT2D eigenvalue weighted by Crippen LogP contribution is -1.99. The third-order valence-corrected chi connectivity index (χ3v) is 3.90. The van der Waals surface area contributed by atoms with Gasteiger partial charge in [-0.1, -0.05) is 29.8 Å². The van der Waals surface area contributed by atoms with Crippen molar-refractivity contribution in [3.63, 3.8) is 0 Å². The number of halogens is 2. The first-order valence-corrected chi connectivity index (χ1v) is 6.81. The summed E-state index contributed by atoms with van der Waals surface area (Å²) in [6.45, 7) is 3.64. The molecule has 0 atom stereocenters. The van der Waals surface area contributed by atoms with Gasteiger partial charge in [-0.05, 0) is 25.5 Å². The first-order chi connectivity index (χ1) is 8.58. The van der Waals surface area contributed by atoms with Gasteiger partial charge in [-0.2, -0.15) is 0 Å². The quantitative estimate of drug-likeness (QED) is 0.624. The summed E-state index contributed by atoms with van der Waals surface area (Å²) in [5, 5.41) is -0.108. The van der Waals surface area contributed by atoms with Crippen LogP contribution in [0.25, 0.3) is 0 Å². The van der Waals surface area contributed by atoms with Gasteiger partial charge in [0.15, 0.2) is 11.0 Å². The molecule has 5 heteroatoms. The summed E-state index contributed by atoms with van der Waals surface area (Å²) >= 11 is 7.31. The maximum atomic E-state index is 13.3. The van der Waals surface area contributed by atoms with Crippen LogP contribution in [0.1, 0.15) is 17.1 Å². The largest absolute Gasteiger partial charge is 0.234 e. The number of nitrogens with zero attached hydrogens (tertiary/aromatic N) is 2. The lowest BCUT2D eigenvalue weighted by Gasteiger charge is -2.06. The number of benzene rings is 1. The highest BCUT2D eigenvalue weighted by molar-refractivity contribution is 7.98. The predicted molar refractivity (Wildman–Crippen MR) is 72.5 cm³/mol. The molecule has 0 N–H and O–H groups in total. The molecule has 0 aliphatic heterocycles. The molecule has 0 aliphatic carbocycles. The van der Waals surface area contributed by atoms with Crippen molar-refractivity contribution in [2.75, 3.05) is 0 Å². The topological polar surface area (TPSA) is 25.8 Å². The summed E-state index contributed by atoms with van der Waals surface area (Å²) in [4.78, 5) is 9.19. The van der Waals surface area contributed by atoms with Crippen molar-refractivity contribution >= 4 is 23.4 Å². The van der Waals surface area contributed by atoms with E-state index < -0.39 is 5.82 Å². The fourth-order valence-electron chi connectivity index (χ4n) is 1.50. The van der Waals surface area contributed by atoms with E-state index in [-0.39, 0.29) is 10.8 Å². The Kier molecular flexibility index (Phi) is 4.19. The van der Waals surface area contributed by atoms with Gasteiger partial charge < -0.3 is 0 Å². The van der Waals surface area contributed by atoms with Crippen LogP contribution < -0.4 is 0 Å². The summed E-state index contributed by atoms with van der Waals surface area (Å²) < 4.78 is 13.3. The fraction of sp³-hybridized carbons (Fsp3) is 0.231. The molecule has 0 amide bonds. The SMILES string of the molecule is Cc1ccccc1SCc1nc(C)c(F)c(Cl)n1. The summed E-state index contributed by atoms with van der Waals surface area (Å²) in [5.74, 6) is 0.583. The van der Waals surface area contributed by atoms with Gasteiger partial charge in [0.05, 0.1) is 11.4 Å². The van der Waals surface area contributed by atoms with Crippen LogP contribution in [0.4, 0.5) is 4.39 Å². The third-order valence-electron chi connectivity index (χ3n) is 2.47. The molecule has 2 aromatic rings. The number of aryl methyl sites for hydroxylation is 2. The van der Waals surface area contributed by atoms with Gasteiger partial charge >= 0.3 is 0 Å². The minimum absolute atomic E-state index is 0.108. The Morgan fingerprint density at radius 1 is 1.22 bits per heavy atom. The van der Waals surface area contributed by atoms with E-state index in [4.69, 9.17) is 11.6 Å². The van der Waals surface area contributed by atoms with E-state index in [2.05, 4.69) is 9.97 Å². The molecule has 1 aromatic heterocycles. The van der Waals surface area contributed by atoms with Crippen molar-refractivity contribution in [1.29, 1.82) is 0 Å². The van der Waals surface area contributed by atoms with Gasteiger partial charge in [0.25, 0.3) is 0 Å². The van der Waals surface area contributed by atoms with Crippen LogP contribution in [0.15, 0.2) is 29.2 Å². The Morgan fingerprint density at radius 3 is 2.61 bits per heavy atom. The highest BCUT2D eigenvalue weighted by Gasteiger charge is 2.09. The molecule has 0 unspecified atom stereocenters. The lowest BCUT2D eigenvalue weighted by atomic mass is 10.2. The fourth-order valence-corrected chi connectivity index (χ4v) is 2.62. The maximum absolute atomic E-state index is 13.3. The van der Waals surface area contributed by atoms with Crippen molar-refractivity contribution in [3.05, 3.63) is 52.3 Å². The highest BCUT2D eigenvalue weighted by atomic mass is 35.5. The van der Waals surface area contributed by atoms with E-state index in [0.717, 1.165) is 0 Å². The number of hydrogen-bond acceptors (Lipinski definition) is 3. The van der Waals surface area contributed by atoms with Crippen LogP contribution in [0.3, 0.4) is 0 Å². The molecule has 94 valence electrons. The van der Waals surface area contributed by atoms with Crippen LogP contribution in [-0.2, 0) is 5.75 Å². The first-order valence-electron chi connectivity index (χ1n) is 5.45. The summed E-state index contributed by atoms with van der Waals surface area (Å²) in [6.07, 6.45) is 0. The molecule has 2 rings (SSSR count). The minimum atomic E-state index is -0.540. The molecule has 1 aromatic carbocycles. The Bertz CT molecular complexity index is 552. The van der Waals surface area contributed by atoms with Crippen LogP contribution >= 0.6 is 23.4 Å². The normalized spacial score (nSPS) is 10.7. The van der Waals surface area contributed by atoms with E-state index >= 15 is 0 Å². The number of hydrogen-bond donors (Lipinski definition) is 0. The van der Waals surface area contributed by atoms with Gasteiger partial charge in [-0.15, -0.1) is 11.8 Å². The smallest absolute Gasteiger partial charge is 0.181 e. The van der Waals surface area contributed by atoms with Gasteiger partial charge in [0.1, 0.15) is 5.82 Å². The molecule has 0 spiro atoms. The lowest BCUT2D eigenvalue weighted by molar-refractivity contribution is 0.598. The Hall–Kier alpha value is -1.13. The Balaban J connectivity index is 2.14. The van der Waals surface area contributed by atoms with Crippen LogP contribution in [0.5, 0.6) is 0 Å². The van der Waals surface area contributed by atoms with Crippen molar-refractivity contribution < 1.29 is 4.39 Å². The first kappa shape index (κ1) is 13.3. The molecule has 0 aliphatic rings. The molecular weight excluding hydrogens is 271 g/mol. The van der Waals surface area contributed by atoms with E-state index in [9.17, 15) is 4.39 Å². The molecule has 0 saturated carbocycles. The van der Waals surface area contributed by atoms with Gasteiger partial charge in [-0.25, -0.2) is 14.4 Å². The van der Waals surface area contributed by atoms with Crippen LogP contribution in [0.2, 0.25) is 5.15 Å². The zero-order valence-corrected chi connectivity index (χ0v) is 11.6. The molecule has 1 heterocycles. The predicted octanol–water partition coefficient (Wildman–Crippen LogP) is 4.18. The minimum Gasteiger partial charge on any atom is -0.234 e. The van der Waals surface area contributed by atoms with E-state index in [1.807, 2.05) is 31.2 Å². The highest BCUT2D eigenvalue weighted by Crippen LogP contribution is 2.25. The Labute approximate surface area is 115 Å². The molecular formula is C13H12ClFN2S. The van der Waals surface area contributed by atoms with E-state index in [0.29, 0.717) is 11.6 Å². The Morgan fingerprint density at radius 2 is 1.94 bits per heavy atom. The van der Waals surface area contributed by atoms with Crippen molar-refractivity contribution in [2.24, 2.45) is 0 Å². The van der Waals surface area contributed by atoms with Gasteiger partial charge in [0.2, 0.25) is 0 Å². The average Bonchev–Trinajstić information content (AvgIpc) is 2.35. The van der Waals surface area contributed by atoms with Crippen molar-refractivity contribution in [1.82, 2.24) is 9.97 Å². The van der Waals surface area contributed by atoms with Crippen LogP contribution in [-0.4, -0.2) is 9.97 Å². The van der Waals surface area contributed by atoms with E-state index in [1.165, 1.54) is 10.5 Å². The summed E-state index contributed by atoms with van der Waals surface area (Å²) in [6, 6.07) is 8.07. The molecule has 0 saturated heterocycles. The standard InChI is InChI=1S/C13H12ClFN2S/c1-8-5-3-4-6-10(8)18-7-11-16-9(2)12(15)13(14)17-11/h3-6H,7H2,1-2H3. The molecule has 0 fully saturated rings. The van der Waals surface area contributed by atoms with Crippen molar-refractivity contribution in [3.8, 4) is 0 Å². The third kappa shape index (κ3) is 3.00. The maximum Gasteiger partial charge on any atom is 0.181 e. The number of rotatable bonds is 3. The zero-order chi connectivity index (χ0) is 13.1. The number of aromatic nitrogens is 2.